The highest BCUT2D eigenvalue weighted by atomic mass is 32.1. The van der Waals surface area contributed by atoms with Gasteiger partial charge in [-0.05, 0) is 25.3 Å². The van der Waals surface area contributed by atoms with Crippen molar-refractivity contribution in [1.82, 2.24) is 10.5 Å². The molecule has 0 rings (SSSR count). The van der Waals surface area contributed by atoms with E-state index >= 15 is 0 Å². The molecule has 0 spiro atoms. The van der Waals surface area contributed by atoms with Crippen molar-refractivity contribution in [3.05, 3.63) is 0 Å². The van der Waals surface area contributed by atoms with Crippen LogP contribution in [0.2, 0.25) is 0 Å². The van der Waals surface area contributed by atoms with Gasteiger partial charge in [0.1, 0.15) is 0 Å². The van der Waals surface area contributed by atoms with E-state index < -0.39 is 5.24 Å². The van der Waals surface area contributed by atoms with Crippen molar-refractivity contribution in [2.75, 3.05) is 6.54 Å². The van der Waals surface area contributed by atoms with Gasteiger partial charge in [0.25, 0.3) is 5.24 Å². The van der Waals surface area contributed by atoms with Crippen LogP contribution in [-0.2, 0) is 0 Å². The van der Waals surface area contributed by atoms with E-state index in [1.807, 2.05) is 0 Å². The fourth-order valence-corrected chi connectivity index (χ4v) is 0.821. The van der Waals surface area contributed by atoms with Crippen molar-refractivity contribution in [2.24, 2.45) is 0 Å². The number of carbonyl (C=O) groups is 1. The zero-order chi connectivity index (χ0) is 8.69. The van der Waals surface area contributed by atoms with Crippen LogP contribution in [0.25, 0.3) is 0 Å². The molecule has 1 amide bonds. The molecule has 58 valence electrons. The number of thiol groups is 1. The Hall–Kier alpha value is -0.0901. The van der Waals surface area contributed by atoms with Gasteiger partial charge >= 0.3 is 0 Å². The Morgan fingerprint density at radius 2 is 2.27 bits per heavy atom. The van der Waals surface area contributed by atoms with Gasteiger partial charge in [0.2, 0.25) is 0 Å². The van der Waals surface area contributed by atoms with Gasteiger partial charge < -0.3 is 10.5 Å². The summed E-state index contributed by atoms with van der Waals surface area (Å²) in [4.78, 5) is 10.3. The number of carbonyl (C=O) groups excluding carboxylic acids is 1. The fourth-order valence-electron chi connectivity index (χ4n) is 0.655. The van der Waals surface area contributed by atoms with Crippen LogP contribution in [0.3, 0.4) is 0 Å². The first-order valence-corrected chi connectivity index (χ1v) is 3.80. The minimum Gasteiger partial charge on any atom is -0.366 e. The molecule has 3 nitrogen and oxygen atoms in total. The largest absolute Gasteiger partial charge is 0.366 e. The number of rotatable bonds is 5. The molecule has 0 aliphatic rings. The van der Waals surface area contributed by atoms with Gasteiger partial charge in [-0.15, -0.1) is 0 Å². The number of nitrogens with one attached hydrogen (secondary N) is 2. The van der Waals surface area contributed by atoms with E-state index in [2.05, 4.69) is 23.2 Å². The molecule has 0 fully saturated rings. The molecule has 11 heavy (non-hydrogen) atoms. The first kappa shape index (κ1) is 10.9. The van der Waals surface area contributed by atoms with Crippen LogP contribution >= 0.6 is 12.6 Å². The van der Waals surface area contributed by atoms with Crippen LogP contribution < -0.4 is 10.5 Å². The Morgan fingerprint density at radius 1 is 1.64 bits per heavy atom. The molecule has 0 heterocycles. The predicted molar refractivity (Wildman–Crippen MR) is 50.1 cm³/mol. The molecule has 0 aliphatic heterocycles. The third-order valence-corrected chi connectivity index (χ3v) is 1.27. The summed E-state index contributed by atoms with van der Waals surface area (Å²) in [7, 11) is 10.5. The molecule has 0 aromatic carbocycles. The Balaban J connectivity index is 3.22. The van der Waals surface area contributed by atoms with E-state index in [9.17, 15) is 4.79 Å². The highest BCUT2D eigenvalue weighted by Gasteiger charge is 2.01. The lowest BCUT2D eigenvalue weighted by Crippen LogP contribution is -2.32. The van der Waals surface area contributed by atoms with Gasteiger partial charge in [-0.1, -0.05) is 12.6 Å². The van der Waals surface area contributed by atoms with E-state index in [-0.39, 0.29) is 5.94 Å². The van der Waals surface area contributed by atoms with Gasteiger partial charge in [0.15, 0.2) is 7.98 Å². The Labute approximate surface area is 74.9 Å². The molecule has 0 saturated heterocycles. The van der Waals surface area contributed by atoms with Gasteiger partial charge in [-0.3, -0.25) is 4.79 Å². The van der Waals surface area contributed by atoms with E-state index in [0.29, 0.717) is 13.0 Å². The first-order valence-electron chi connectivity index (χ1n) is 3.35. The smallest absolute Gasteiger partial charge is 0.275 e. The molecular weight excluding hydrogens is 158 g/mol. The zero-order valence-electron chi connectivity index (χ0n) is 6.21. The topological polar surface area (TPSA) is 41.1 Å². The lowest BCUT2D eigenvalue weighted by molar-refractivity contribution is 0.260. The second-order valence-electron chi connectivity index (χ2n) is 2.15. The van der Waals surface area contributed by atoms with Crippen molar-refractivity contribution in [3.8, 4) is 0 Å². The van der Waals surface area contributed by atoms with Gasteiger partial charge in [0.05, 0.1) is 7.85 Å². The van der Waals surface area contributed by atoms with Crippen LogP contribution in [0.15, 0.2) is 0 Å². The third kappa shape index (κ3) is 7.81. The van der Waals surface area contributed by atoms with Crippen molar-refractivity contribution in [3.63, 3.8) is 0 Å². The number of hydrogen-bond acceptors (Lipinski definition) is 2. The zero-order valence-corrected chi connectivity index (χ0v) is 7.10. The minimum atomic E-state index is -0.404. The van der Waals surface area contributed by atoms with Crippen molar-refractivity contribution in [1.29, 1.82) is 0 Å². The Kier molecular flexibility index (Phi) is 6.56. The molecule has 0 aliphatic carbocycles. The predicted octanol–water partition coefficient (Wildman–Crippen LogP) is -0.426. The molecule has 6 heteroatoms. The summed E-state index contributed by atoms with van der Waals surface area (Å²) >= 11 is 3.51. The van der Waals surface area contributed by atoms with Crippen molar-refractivity contribution < 1.29 is 4.79 Å². The number of amides is 1. The van der Waals surface area contributed by atoms with Gasteiger partial charge in [-0.2, -0.15) is 0 Å². The summed E-state index contributed by atoms with van der Waals surface area (Å²) in [6, 6.07) is 0. The van der Waals surface area contributed by atoms with Crippen molar-refractivity contribution >= 4 is 33.7 Å². The molecule has 1 unspecified atom stereocenters. The summed E-state index contributed by atoms with van der Waals surface area (Å²) in [5.41, 5.74) is 0. The quantitative estimate of drug-likeness (QED) is 0.296. The molecule has 4 radical (unpaired) electrons. The van der Waals surface area contributed by atoms with E-state index in [0.717, 1.165) is 6.42 Å². The van der Waals surface area contributed by atoms with E-state index in [4.69, 9.17) is 15.8 Å². The van der Waals surface area contributed by atoms with E-state index in [1.165, 1.54) is 0 Å². The highest BCUT2D eigenvalue weighted by Crippen LogP contribution is 1.92. The summed E-state index contributed by atoms with van der Waals surface area (Å²) < 4.78 is 0. The Morgan fingerprint density at radius 3 is 2.73 bits per heavy atom. The maximum Gasteiger partial charge on any atom is 0.275 e. The first-order chi connectivity index (χ1) is 5.16. The lowest BCUT2D eigenvalue weighted by atomic mass is 9.92. The standard InChI is InChI=1S/C5H10B2N2OS/c6-4(9-5(10)11)2-1-3-8-7/h4,8H,1-3H2,(H2,9,10,11). The average Bonchev–Trinajstić information content (AvgIpc) is 1.86. The van der Waals surface area contributed by atoms with Crippen LogP contribution in [0.5, 0.6) is 0 Å². The van der Waals surface area contributed by atoms with Crippen LogP contribution in [0.4, 0.5) is 4.79 Å². The molecule has 0 aromatic rings. The normalized spacial score (nSPS) is 12.5. The lowest BCUT2D eigenvalue weighted by Gasteiger charge is -2.11. The summed E-state index contributed by atoms with van der Waals surface area (Å²) in [5, 5.41) is 4.52. The second-order valence-corrected chi connectivity index (χ2v) is 2.56. The summed E-state index contributed by atoms with van der Waals surface area (Å²) in [6.45, 7) is 0.691. The molecule has 2 N–H and O–H groups in total. The summed E-state index contributed by atoms with van der Waals surface area (Å²) in [6.07, 6.45) is 1.52. The minimum absolute atomic E-state index is 0.326. The van der Waals surface area contributed by atoms with Crippen molar-refractivity contribution in [2.45, 2.75) is 18.8 Å². The molecule has 1 atom stereocenters. The molecular formula is C5H10B2N2OS. The van der Waals surface area contributed by atoms with E-state index in [1.54, 1.807) is 0 Å². The average molecular weight is 168 g/mol. The molecule has 0 aromatic heterocycles. The molecule has 0 saturated carbocycles. The highest BCUT2D eigenvalue weighted by molar-refractivity contribution is 7.96. The fraction of sp³-hybridized carbons (Fsp3) is 0.800. The second kappa shape index (κ2) is 6.61. The Bertz CT molecular complexity index is 125. The third-order valence-electron chi connectivity index (χ3n) is 1.15. The SMILES string of the molecule is [B]NCCCC([B])NC(=O)S. The van der Waals surface area contributed by atoms with Crippen LogP contribution in [0.1, 0.15) is 12.8 Å². The summed E-state index contributed by atoms with van der Waals surface area (Å²) in [5.74, 6) is -0.326. The maximum atomic E-state index is 10.3. The molecule has 0 bridgehead atoms. The van der Waals surface area contributed by atoms with Gasteiger partial charge in [0, 0.05) is 0 Å². The number of hydrogen-bond donors (Lipinski definition) is 3. The maximum absolute atomic E-state index is 10.3. The van der Waals surface area contributed by atoms with Crippen LogP contribution in [0, 0.1) is 0 Å². The van der Waals surface area contributed by atoms with Gasteiger partial charge in [-0.25, -0.2) is 0 Å². The van der Waals surface area contributed by atoms with Crippen LogP contribution in [-0.4, -0.2) is 33.6 Å². The monoisotopic (exact) mass is 168 g/mol.